The summed E-state index contributed by atoms with van der Waals surface area (Å²) in [6, 6.07) is 6.56. The van der Waals surface area contributed by atoms with Crippen LogP contribution in [0, 0.1) is 0 Å². The van der Waals surface area contributed by atoms with Gasteiger partial charge >= 0.3 is 0 Å². The normalized spacial score (nSPS) is 13.8. The van der Waals surface area contributed by atoms with Crippen LogP contribution >= 0.6 is 0 Å². The van der Waals surface area contributed by atoms with Crippen molar-refractivity contribution < 1.29 is 10.2 Å². The zero-order valence-electron chi connectivity index (χ0n) is 9.61. The number of benzene rings is 1. The average molecular weight is 236 g/mol. The van der Waals surface area contributed by atoms with E-state index in [2.05, 4.69) is 15.3 Å². The highest BCUT2D eigenvalue weighted by Gasteiger charge is 2.17. The topological polar surface area (TPSA) is 101 Å². The molecule has 0 aliphatic rings. The molecule has 0 fully saturated rings. The molecule has 2 atom stereocenters. The van der Waals surface area contributed by atoms with Gasteiger partial charge in [0.1, 0.15) is 6.10 Å². The van der Waals surface area contributed by atoms with Crippen LogP contribution in [0.25, 0.3) is 10.4 Å². The molecular weight excluding hydrogens is 220 g/mol. The fraction of sp³-hybridized carbons (Fsp3) is 0.455. The molecule has 6 heteroatoms. The van der Waals surface area contributed by atoms with Crippen LogP contribution in [-0.4, -0.2) is 29.9 Å². The third kappa shape index (κ3) is 4.05. The van der Waals surface area contributed by atoms with Crippen molar-refractivity contribution in [2.75, 3.05) is 13.6 Å². The highest BCUT2D eigenvalue weighted by atomic mass is 16.3. The van der Waals surface area contributed by atoms with Gasteiger partial charge in [0, 0.05) is 10.6 Å². The summed E-state index contributed by atoms with van der Waals surface area (Å²) in [5.74, 6) is 0. The van der Waals surface area contributed by atoms with Gasteiger partial charge in [-0.1, -0.05) is 23.3 Å². The van der Waals surface area contributed by atoms with Crippen molar-refractivity contribution in [2.45, 2.75) is 18.6 Å². The molecule has 0 saturated carbocycles. The third-order valence-corrected chi connectivity index (χ3v) is 2.43. The summed E-state index contributed by atoms with van der Waals surface area (Å²) in [5.41, 5.74) is 9.27. The summed E-state index contributed by atoms with van der Waals surface area (Å²) < 4.78 is 0. The first-order chi connectivity index (χ1) is 8.19. The number of nitrogens with zero attached hydrogens (tertiary/aromatic N) is 3. The first-order valence-corrected chi connectivity index (χ1v) is 5.35. The van der Waals surface area contributed by atoms with Crippen molar-refractivity contribution in [3.8, 4) is 0 Å². The second-order valence-corrected chi connectivity index (χ2v) is 3.69. The molecule has 92 valence electrons. The molecule has 1 aromatic rings. The van der Waals surface area contributed by atoms with Crippen molar-refractivity contribution in [2.24, 2.45) is 5.11 Å². The molecule has 0 heterocycles. The summed E-state index contributed by atoms with van der Waals surface area (Å²) in [6.07, 6.45) is -1.37. The lowest BCUT2D eigenvalue weighted by Gasteiger charge is -2.18. The number of hydrogen-bond donors (Lipinski definition) is 3. The van der Waals surface area contributed by atoms with Crippen LogP contribution in [0.15, 0.2) is 29.4 Å². The summed E-state index contributed by atoms with van der Waals surface area (Å²) in [5, 5.41) is 26.0. The maximum atomic E-state index is 9.90. The minimum Gasteiger partial charge on any atom is -0.390 e. The Labute approximate surface area is 99.5 Å². The Morgan fingerprint density at radius 1 is 1.47 bits per heavy atom. The predicted octanol–water partition coefficient (Wildman–Crippen LogP) is 1.63. The zero-order valence-corrected chi connectivity index (χ0v) is 9.61. The molecule has 1 rings (SSSR count). The van der Waals surface area contributed by atoms with E-state index >= 15 is 0 Å². The maximum Gasteiger partial charge on any atom is 0.105 e. The molecule has 0 saturated heterocycles. The Balaban J connectivity index is 2.77. The Morgan fingerprint density at radius 3 is 2.88 bits per heavy atom. The predicted molar refractivity (Wildman–Crippen MR) is 64.8 cm³/mol. The molecule has 6 nitrogen and oxygen atoms in total. The van der Waals surface area contributed by atoms with Crippen molar-refractivity contribution in [1.82, 2.24) is 5.32 Å². The van der Waals surface area contributed by atoms with E-state index in [4.69, 9.17) is 5.53 Å². The van der Waals surface area contributed by atoms with Gasteiger partial charge in [-0.15, -0.1) is 0 Å². The standard InChI is InChI=1S/C11H16N4O2/c1-13-6-5-10(16)11(17)8-3-2-4-9(7-8)14-15-12/h2-4,7,10-11,13,16-17H,5-6H2,1H3. The third-order valence-electron chi connectivity index (χ3n) is 2.43. The van der Waals surface area contributed by atoms with E-state index in [-0.39, 0.29) is 0 Å². The van der Waals surface area contributed by atoms with Gasteiger partial charge in [-0.2, -0.15) is 0 Å². The second kappa shape index (κ2) is 6.88. The van der Waals surface area contributed by atoms with Gasteiger partial charge in [-0.3, -0.25) is 0 Å². The van der Waals surface area contributed by atoms with Crippen LogP contribution in [0.4, 0.5) is 5.69 Å². The van der Waals surface area contributed by atoms with Crippen LogP contribution in [0.2, 0.25) is 0 Å². The average Bonchev–Trinajstić information content (AvgIpc) is 2.35. The first kappa shape index (κ1) is 13.5. The van der Waals surface area contributed by atoms with E-state index < -0.39 is 12.2 Å². The van der Waals surface area contributed by atoms with Gasteiger partial charge in [0.15, 0.2) is 0 Å². The molecule has 0 aromatic heterocycles. The fourth-order valence-corrected chi connectivity index (χ4v) is 1.49. The lowest BCUT2D eigenvalue weighted by atomic mass is 10.0. The highest BCUT2D eigenvalue weighted by molar-refractivity contribution is 5.40. The number of aliphatic hydroxyl groups is 2. The van der Waals surface area contributed by atoms with Gasteiger partial charge in [0.2, 0.25) is 0 Å². The lowest BCUT2D eigenvalue weighted by Crippen LogP contribution is -2.23. The molecular formula is C11H16N4O2. The summed E-state index contributed by atoms with van der Waals surface area (Å²) >= 11 is 0. The molecule has 0 bridgehead atoms. The van der Waals surface area contributed by atoms with E-state index in [0.717, 1.165) is 0 Å². The summed E-state index contributed by atoms with van der Waals surface area (Å²) in [7, 11) is 1.78. The minimum atomic E-state index is -0.975. The molecule has 17 heavy (non-hydrogen) atoms. The first-order valence-electron chi connectivity index (χ1n) is 5.35. The van der Waals surface area contributed by atoms with Crippen LogP contribution < -0.4 is 5.32 Å². The minimum absolute atomic E-state index is 0.421. The van der Waals surface area contributed by atoms with E-state index in [1.165, 1.54) is 0 Å². The van der Waals surface area contributed by atoms with Gasteiger partial charge in [-0.25, -0.2) is 0 Å². The van der Waals surface area contributed by atoms with E-state index in [9.17, 15) is 10.2 Å². The Bertz CT molecular complexity index is 404. The Kier molecular flexibility index (Phi) is 5.45. The van der Waals surface area contributed by atoms with Gasteiger partial charge in [-0.05, 0) is 37.2 Å². The largest absolute Gasteiger partial charge is 0.390 e. The zero-order chi connectivity index (χ0) is 12.7. The van der Waals surface area contributed by atoms with E-state index in [1.54, 1.807) is 31.3 Å². The van der Waals surface area contributed by atoms with Crippen LogP contribution in [0.3, 0.4) is 0 Å². The molecule has 0 radical (unpaired) electrons. The smallest absolute Gasteiger partial charge is 0.105 e. The summed E-state index contributed by atoms with van der Waals surface area (Å²) in [6.45, 7) is 0.619. The Hall–Kier alpha value is -1.59. The molecule has 0 aliphatic heterocycles. The van der Waals surface area contributed by atoms with Crippen molar-refractivity contribution in [3.63, 3.8) is 0 Å². The van der Waals surface area contributed by atoms with Gasteiger partial charge in [0.25, 0.3) is 0 Å². The number of aliphatic hydroxyl groups excluding tert-OH is 2. The quantitative estimate of drug-likeness (QED) is 0.397. The Morgan fingerprint density at radius 2 is 2.24 bits per heavy atom. The second-order valence-electron chi connectivity index (χ2n) is 3.69. The SMILES string of the molecule is CNCCC(O)C(O)c1cccc(N=[N+]=[N-])c1. The van der Waals surface area contributed by atoms with Crippen LogP contribution in [0.1, 0.15) is 18.1 Å². The molecule has 1 aromatic carbocycles. The van der Waals surface area contributed by atoms with Gasteiger partial charge in [0.05, 0.1) is 6.10 Å². The van der Waals surface area contributed by atoms with Crippen molar-refractivity contribution in [1.29, 1.82) is 0 Å². The molecule has 3 N–H and O–H groups in total. The maximum absolute atomic E-state index is 9.90. The van der Waals surface area contributed by atoms with Crippen LogP contribution in [0.5, 0.6) is 0 Å². The summed E-state index contributed by atoms with van der Waals surface area (Å²) in [4.78, 5) is 2.67. The number of rotatable bonds is 6. The lowest BCUT2D eigenvalue weighted by molar-refractivity contribution is 0.0140. The van der Waals surface area contributed by atoms with Gasteiger partial charge < -0.3 is 15.5 Å². The highest BCUT2D eigenvalue weighted by Crippen LogP contribution is 2.23. The fourth-order valence-electron chi connectivity index (χ4n) is 1.49. The molecule has 0 spiro atoms. The van der Waals surface area contributed by atoms with Crippen LogP contribution in [-0.2, 0) is 0 Å². The van der Waals surface area contributed by atoms with Crippen molar-refractivity contribution in [3.05, 3.63) is 40.3 Å². The van der Waals surface area contributed by atoms with E-state index in [1.807, 2.05) is 0 Å². The molecule has 2 unspecified atom stereocenters. The van der Waals surface area contributed by atoms with E-state index in [0.29, 0.717) is 24.2 Å². The number of azide groups is 1. The monoisotopic (exact) mass is 236 g/mol. The molecule has 0 aliphatic carbocycles. The molecule has 0 amide bonds. The number of nitrogens with one attached hydrogen (secondary N) is 1. The van der Waals surface area contributed by atoms with Crippen molar-refractivity contribution >= 4 is 5.69 Å². The number of hydrogen-bond acceptors (Lipinski definition) is 4.